The zero-order chi connectivity index (χ0) is 19.2. The average molecular weight is 380 g/mol. The highest BCUT2D eigenvalue weighted by Gasteiger charge is 2.17. The molecule has 0 aromatic heterocycles. The molecule has 0 aliphatic rings. The molecule has 0 aliphatic heterocycles. The predicted molar refractivity (Wildman–Crippen MR) is 111 cm³/mol. The first kappa shape index (κ1) is 19.0. The molecule has 0 bridgehead atoms. The molecule has 0 unspecified atom stereocenters. The molecule has 1 atom stereocenters. The highest BCUT2D eigenvalue weighted by atomic mass is 35.5. The van der Waals surface area contributed by atoms with Crippen LogP contribution in [-0.4, -0.2) is 12.9 Å². The van der Waals surface area contributed by atoms with E-state index in [2.05, 4.69) is 5.32 Å². The summed E-state index contributed by atoms with van der Waals surface area (Å²) in [5, 5.41) is 4.16. The van der Waals surface area contributed by atoms with Gasteiger partial charge in [0.25, 0.3) is 0 Å². The van der Waals surface area contributed by atoms with Crippen LogP contribution < -0.4 is 10.1 Å². The molecule has 0 fully saturated rings. The lowest BCUT2D eigenvalue weighted by Gasteiger charge is -2.20. The van der Waals surface area contributed by atoms with Crippen molar-refractivity contribution < 1.29 is 9.53 Å². The molecule has 3 aromatic rings. The summed E-state index contributed by atoms with van der Waals surface area (Å²) in [5.74, 6) is 0.802. The number of ketones is 1. The van der Waals surface area contributed by atoms with Crippen molar-refractivity contribution in [1.82, 2.24) is 0 Å². The maximum Gasteiger partial charge on any atom is 0.165 e. The van der Waals surface area contributed by atoms with Gasteiger partial charge in [0.05, 0.1) is 13.2 Å². The lowest BCUT2D eigenvalue weighted by atomic mass is 9.97. The number of carbonyl (C=O) groups is 1. The first-order valence-corrected chi connectivity index (χ1v) is 9.19. The van der Waals surface area contributed by atoms with Crippen molar-refractivity contribution in [3.05, 3.63) is 94.5 Å². The van der Waals surface area contributed by atoms with Gasteiger partial charge in [0.15, 0.2) is 5.78 Å². The number of hydrogen-bond acceptors (Lipinski definition) is 3. The third-order valence-corrected chi connectivity index (χ3v) is 4.92. The van der Waals surface area contributed by atoms with Crippen LogP contribution in [0.5, 0.6) is 5.75 Å². The van der Waals surface area contributed by atoms with Crippen LogP contribution >= 0.6 is 11.6 Å². The first-order chi connectivity index (χ1) is 13.1. The summed E-state index contributed by atoms with van der Waals surface area (Å²) < 4.78 is 5.16. The predicted octanol–water partition coefficient (Wildman–Crippen LogP) is 6.08. The average Bonchev–Trinajstić information content (AvgIpc) is 2.71. The molecule has 0 aliphatic carbocycles. The third kappa shape index (κ3) is 4.89. The maximum atomic E-state index is 12.8. The SMILES string of the molecule is COc1ccc(C(=O)C[C@H](Nc2ccc(C)c(Cl)c2)c2ccccc2)cc1. The molecule has 0 saturated carbocycles. The van der Waals surface area contributed by atoms with Gasteiger partial charge in [-0.1, -0.05) is 48.0 Å². The van der Waals surface area contributed by atoms with Gasteiger partial charge in [-0.3, -0.25) is 4.79 Å². The number of carbonyl (C=O) groups excluding carboxylic acids is 1. The van der Waals surface area contributed by atoms with E-state index in [-0.39, 0.29) is 11.8 Å². The number of benzene rings is 3. The summed E-state index contributed by atoms with van der Waals surface area (Å²) in [6, 6.07) is 22.9. The molecule has 138 valence electrons. The number of methoxy groups -OCH3 is 1. The van der Waals surface area contributed by atoms with Crippen LogP contribution in [0, 0.1) is 6.92 Å². The molecular weight excluding hydrogens is 358 g/mol. The van der Waals surface area contributed by atoms with Crippen LogP contribution in [0.3, 0.4) is 0 Å². The largest absolute Gasteiger partial charge is 0.497 e. The second-order valence-corrected chi connectivity index (χ2v) is 6.83. The Morgan fingerprint density at radius 3 is 2.37 bits per heavy atom. The molecule has 0 saturated heterocycles. The minimum atomic E-state index is -0.153. The Hall–Kier alpha value is -2.78. The Balaban J connectivity index is 1.83. The van der Waals surface area contributed by atoms with Crippen molar-refractivity contribution in [3.8, 4) is 5.75 Å². The third-order valence-electron chi connectivity index (χ3n) is 4.52. The van der Waals surface area contributed by atoms with Gasteiger partial charge in [0.1, 0.15) is 5.75 Å². The minimum absolute atomic E-state index is 0.0669. The van der Waals surface area contributed by atoms with Gasteiger partial charge in [0, 0.05) is 22.7 Å². The molecule has 3 nitrogen and oxygen atoms in total. The summed E-state index contributed by atoms with van der Waals surface area (Å²) in [6.07, 6.45) is 0.335. The molecule has 27 heavy (non-hydrogen) atoms. The van der Waals surface area contributed by atoms with Gasteiger partial charge >= 0.3 is 0 Å². The fraction of sp³-hybridized carbons (Fsp3) is 0.174. The van der Waals surface area contributed by atoms with Crippen LogP contribution in [0.2, 0.25) is 5.02 Å². The normalized spacial score (nSPS) is 11.7. The molecule has 4 heteroatoms. The number of Topliss-reactive ketones (excluding diaryl/α,β-unsaturated/α-hetero) is 1. The highest BCUT2D eigenvalue weighted by Crippen LogP contribution is 2.27. The topological polar surface area (TPSA) is 38.3 Å². The van der Waals surface area contributed by atoms with Crippen molar-refractivity contribution in [2.45, 2.75) is 19.4 Å². The van der Waals surface area contributed by atoms with E-state index >= 15 is 0 Å². The number of ether oxygens (including phenoxy) is 1. The van der Waals surface area contributed by atoms with Crippen LogP contribution in [0.25, 0.3) is 0 Å². The number of rotatable bonds is 7. The summed E-state index contributed by atoms with van der Waals surface area (Å²) in [5.41, 5.74) is 3.63. The van der Waals surface area contributed by atoms with Crippen LogP contribution in [0.4, 0.5) is 5.69 Å². The van der Waals surface area contributed by atoms with Crippen molar-refractivity contribution in [2.75, 3.05) is 12.4 Å². The van der Waals surface area contributed by atoms with Crippen molar-refractivity contribution in [1.29, 1.82) is 0 Å². The van der Waals surface area contributed by atoms with E-state index in [9.17, 15) is 4.79 Å². The van der Waals surface area contributed by atoms with Crippen LogP contribution in [-0.2, 0) is 0 Å². The van der Waals surface area contributed by atoms with E-state index in [1.165, 1.54) is 0 Å². The van der Waals surface area contributed by atoms with E-state index < -0.39 is 0 Å². The lowest BCUT2D eigenvalue weighted by molar-refractivity contribution is 0.0976. The molecule has 3 rings (SSSR count). The number of hydrogen-bond donors (Lipinski definition) is 1. The van der Waals surface area contributed by atoms with Crippen LogP contribution in [0.1, 0.15) is 33.9 Å². The Morgan fingerprint density at radius 1 is 1.04 bits per heavy atom. The smallest absolute Gasteiger partial charge is 0.165 e. The second kappa shape index (κ2) is 8.74. The second-order valence-electron chi connectivity index (χ2n) is 6.43. The van der Waals surface area contributed by atoms with E-state index in [1.54, 1.807) is 31.4 Å². The molecule has 0 heterocycles. The molecule has 0 spiro atoms. The monoisotopic (exact) mass is 379 g/mol. The number of aryl methyl sites for hydroxylation is 1. The van der Waals surface area contributed by atoms with E-state index in [1.807, 2.05) is 55.5 Å². The molecule has 0 radical (unpaired) electrons. The Labute approximate surface area is 164 Å². The Morgan fingerprint density at radius 2 is 1.74 bits per heavy atom. The van der Waals surface area contributed by atoms with Gasteiger partial charge in [-0.05, 0) is 54.4 Å². The summed E-state index contributed by atoms with van der Waals surface area (Å²) >= 11 is 6.25. The maximum absolute atomic E-state index is 12.8. The van der Waals surface area contributed by atoms with Gasteiger partial charge in [-0.15, -0.1) is 0 Å². The number of halogens is 1. The first-order valence-electron chi connectivity index (χ1n) is 8.81. The van der Waals surface area contributed by atoms with Gasteiger partial charge in [-0.2, -0.15) is 0 Å². The summed E-state index contributed by atoms with van der Waals surface area (Å²) in [4.78, 5) is 12.8. The van der Waals surface area contributed by atoms with Crippen LogP contribution in [0.15, 0.2) is 72.8 Å². The number of nitrogens with one attached hydrogen (secondary N) is 1. The van der Waals surface area contributed by atoms with Gasteiger partial charge in [0.2, 0.25) is 0 Å². The Bertz CT molecular complexity index is 907. The quantitative estimate of drug-likeness (QED) is 0.505. The van der Waals surface area contributed by atoms with Crippen molar-refractivity contribution >= 4 is 23.1 Å². The molecule has 0 amide bonds. The fourth-order valence-corrected chi connectivity index (χ4v) is 3.08. The molecule has 1 N–H and O–H groups in total. The number of anilines is 1. The zero-order valence-electron chi connectivity index (χ0n) is 15.4. The molecule has 3 aromatic carbocycles. The van der Waals surface area contributed by atoms with Gasteiger partial charge in [-0.25, -0.2) is 0 Å². The van der Waals surface area contributed by atoms with E-state index in [0.717, 1.165) is 22.6 Å². The standard InChI is InChI=1S/C23H22ClNO2/c1-16-8-11-19(14-21(16)24)25-22(17-6-4-3-5-7-17)15-23(26)18-9-12-20(27-2)13-10-18/h3-14,22,25H,15H2,1-2H3/t22-/m0/s1. The molecular formula is C23H22ClNO2. The highest BCUT2D eigenvalue weighted by molar-refractivity contribution is 6.31. The van der Waals surface area contributed by atoms with Crippen molar-refractivity contribution in [3.63, 3.8) is 0 Å². The fourth-order valence-electron chi connectivity index (χ4n) is 2.90. The van der Waals surface area contributed by atoms with E-state index in [4.69, 9.17) is 16.3 Å². The Kier molecular flexibility index (Phi) is 6.15. The van der Waals surface area contributed by atoms with E-state index in [0.29, 0.717) is 17.0 Å². The van der Waals surface area contributed by atoms with Crippen molar-refractivity contribution in [2.24, 2.45) is 0 Å². The zero-order valence-corrected chi connectivity index (χ0v) is 16.2. The summed E-state index contributed by atoms with van der Waals surface area (Å²) in [6.45, 7) is 1.97. The lowest BCUT2D eigenvalue weighted by Crippen LogP contribution is -2.16. The summed E-state index contributed by atoms with van der Waals surface area (Å²) in [7, 11) is 1.61. The minimum Gasteiger partial charge on any atom is -0.497 e. The van der Waals surface area contributed by atoms with Gasteiger partial charge < -0.3 is 10.1 Å².